The van der Waals surface area contributed by atoms with E-state index in [4.69, 9.17) is 0 Å². The van der Waals surface area contributed by atoms with Crippen LogP contribution in [0.1, 0.15) is 24.2 Å². The summed E-state index contributed by atoms with van der Waals surface area (Å²) in [6, 6.07) is 10.2. The Morgan fingerprint density at radius 1 is 1.25 bits per heavy atom. The van der Waals surface area contributed by atoms with Gasteiger partial charge in [-0.05, 0) is 36.2 Å². The summed E-state index contributed by atoms with van der Waals surface area (Å²) in [4.78, 5) is 20.5. The average Bonchev–Trinajstić information content (AvgIpc) is 2.94. The van der Waals surface area contributed by atoms with Crippen LogP contribution in [0.5, 0.6) is 0 Å². The van der Waals surface area contributed by atoms with Gasteiger partial charge in [0.25, 0.3) is 0 Å². The summed E-state index contributed by atoms with van der Waals surface area (Å²) in [5, 5.41) is 2.62. The maximum atomic E-state index is 13.1. The standard InChI is InChI=1S/C18H19FN4O/c1-20-17(24)6-2-5-16-22-15-4-3-11-21-18(15)23(16)12-13-7-9-14(19)10-8-13/h3-4,7-11H,2,5-6,12H2,1H3,(H,20,24). The second-order valence-electron chi connectivity index (χ2n) is 5.61. The van der Waals surface area contributed by atoms with Gasteiger partial charge >= 0.3 is 0 Å². The maximum absolute atomic E-state index is 13.1. The predicted octanol–water partition coefficient (Wildman–Crippen LogP) is 2.69. The number of aromatic nitrogens is 3. The van der Waals surface area contributed by atoms with Crippen LogP contribution in [-0.2, 0) is 17.8 Å². The number of fused-ring (bicyclic) bond motifs is 1. The van der Waals surface area contributed by atoms with Crippen molar-refractivity contribution in [1.82, 2.24) is 19.9 Å². The monoisotopic (exact) mass is 326 g/mol. The molecule has 1 N–H and O–H groups in total. The largest absolute Gasteiger partial charge is 0.359 e. The van der Waals surface area contributed by atoms with Crippen LogP contribution in [0.3, 0.4) is 0 Å². The third-order valence-electron chi connectivity index (χ3n) is 3.92. The number of carbonyl (C=O) groups is 1. The fourth-order valence-corrected chi connectivity index (χ4v) is 2.67. The molecule has 0 bridgehead atoms. The fourth-order valence-electron chi connectivity index (χ4n) is 2.67. The highest BCUT2D eigenvalue weighted by molar-refractivity contribution is 5.75. The minimum atomic E-state index is -0.252. The molecule has 0 saturated heterocycles. The van der Waals surface area contributed by atoms with Crippen molar-refractivity contribution in [3.8, 4) is 0 Å². The van der Waals surface area contributed by atoms with Crippen molar-refractivity contribution >= 4 is 17.1 Å². The van der Waals surface area contributed by atoms with Gasteiger partial charge in [0, 0.05) is 26.1 Å². The Bertz CT molecular complexity index is 842. The van der Waals surface area contributed by atoms with Crippen LogP contribution in [-0.4, -0.2) is 27.5 Å². The number of nitrogens with zero attached hydrogens (tertiary/aromatic N) is 3. The molecule has 0 aliphatic carbocycles. The van der Waals surface area contributed by atoms with Gasteiger partial charge in [0.2, 0.25) is 5.91 Å². The lowest BCUT2D eigenvalue weighted by molar-refractivity contribution is -0.120. The van der Waals surface area contributed by atoms with E-state index in [0.717, 1.165) is 22.6 Å². The number of benzene rings is 1. The number of pyridine rings is 1. The SMILES string of the molecule is CNC(=O)CCCc1nc2cccnc2n1Cc1ccc(F)cc1. The quantitative estimate of drug-likeness (QED) is 0.757. The molecule has 0 aliphatic rings. The lowest BCUT2D eigenvalue weighted by atomic mass is 10.2. The molecular weight excluding hydrogens is 307 g/mol. The van der Waals surface area contributed by atoms with Gasteiger partial charge in [0.05, 0.1) is 6.54 Å². The van der Waals surface area contributed by atoms with E-state index in [9.17, 15) is 9.18 Å². The predicted molar refractivity (Wildman–Crippen MR) is 90.0 cm³/mol. The Balaban J connectivity index is 1.87. The average molecular weight is 326 g/mol. The third kappa shape index (κ3) is 3.59. The molecule has 0 unspecified atom stereocenters. The molecule has 2 aromatic heterocycles. The lowest BCUT2D eigenvalue weighted by Crippen LogP contribution is -2.17. The summed E-state index contributed by atoms with van der Waals surface area (Å²) in [5.41, 5.74) is 2.61. The fraction of sp³-hybridized carbons (Fsp3) is 0.278. The number of aryl methyl sites for hydroxylation is 1. The van der Waals surface area contributed by atoms with Crippen molar-refractivity contribution in [3.05, 3.63) is 59.8 Å². The van der Waals surface area contributed by atoms with Crippen LogP contribution in [0.25, 0.3) is 11.2 Å². The number of nitrogens with one attached hydrogen (secondary N) is 1. The summed E-state index contributed by atoms with van der Waals surface area (Å²) in [6.45, 7) is 0.573. The zero-order valence-corrected chi connectivity index (χ0v) is 13.5. The Morgan fingerprint density at radius 3 is 2.79 bits per heavy atom. The first-order valence-corrected chi connectivity index (χ1v) is 7.92. The number of hydrogen-bond donors (Lipinski definition) is 1. The molecule has 0 atom stereocenters. The second-order valence-corrected chi connectivity index (χ2v) is 5.61. The van der Waals surface area contributed by atoms with E-state index in [1.165, 1.54) is 12.1 Å². The van der Waals surface area contributed by atoms with E-state index in [-0.39, 0.29) is 11.7 Å². The van der Waals surface area contributed by atoms with Crippen molar-refractivity contribution in [1.29, 1.82) is 0 Å². The summed E-state index contributed by atoms with van der Waals surface area (Å²) in [5.74, 6) is 0.657. The van der Waals surface area contributed by atoms with Crippen molar-refractivity contribution in [3.63, 3.8) is 0 Å². The number of rotatable bonds is 6. The molecule has 0 aliphatic heterocycles. The summed E-state index contributed by atoms with van der Waals surface area (Å²) >= 11 is 0. The Hall–Kier alpha value is -2.76. The van der Waals surface area contributed by atoms with E-state index in [0.29, 0.717) is 25.8 Å². The first kappa shape index (κ1) is 16.1. The normalized spacial score (nSPS) is 10.9. The van der Waals surface area contributed by atoms with Gasteiger partial charge in [0.1, 0.15) is 17.2 Å². The molecule has 1 amide bonds. The molecule has 0 spiro atoms. The third-order valence-corrected chi connectivity index (χ3v) is 3.92. The zero-order chi connectivity index (χ0) is 16.9. The lowest BCUT2D eigenvalue weighted by Gasteiger charge is -2.09. The number of carbonyl (C=O) groups excluding carboxylic acids is 1. The van der Waals surface area contributed by atoms with Gasteiger partial charge < -0.3 is 9.88 Å². The minimum absolute atomic E-state index is 0.0225. The van der Waals surface area contributed by atoms with Crippen LogP contribution < -0.4 is 5.32 Å². The van der Waals surface area contributed by atoms with E-state index in [1.54, 1.807) is 25.4 Å². The maximum Gasteiger partial charge on any atom is 0.219 e. The number of halogens is 1. The first-order valence-electron chi connectivity index (χ1n) is 7.92. The second kappa shape index (κ2) is 7.21. The van der Waals surface area contributed by atoms with Gasteiger partial charge in [-0.3, -0.25) is 4.79 Å². The molecule has 0 fully saturated rings. The molecular formula is C18H19FN4O. The van der Waals surface area contributed by atoms with Crippen LogP contribution in [0.4, 0.5) is 4.39 Å². The van der Waals surface area contributed by atoms with E-state index in [1.807, 2.05) is 16.7 Å². The first-order chi connectivity index (χ1) is 11.7. The molecule has 24 heavy (non-hydrogen) atoms. The van der Waals surface area contributed by atoms with Crippen molar-refractivity contribution in [2.45, 2.75) is 25.8 Å². The van der Waals surface area contributed by atoms with Gasteiger partial charge in [-0.15, -0.1) is 0 Å². The Labute approximate surface area is 139 Å². The number of imidazole rings is 1. The van der Waals surface area contributed by atoms with Crippen molar-refractivity contribution in [2.24, 2.45) is 0 Å². The van der Waals surface area contributed by atoms with Gasteiger partial charge in [-0.25, -0.2) is 14.4 Å². The molecule has 2 heterocycles. The molecule has 124 valence electrons. The van der Waals surface area contributed by atoms with Gasteiger partial charge in [-0.2, -0.15) is 0 Å². The summed E-state index contributed by atoms with van der Waals surface area (Å²) in [7, 11) is 1.63. The van der Waals surface area contributed by atoms with Crippen LogP contribution in [0.2, 0.25) is 0 Å². The number of hydrogen-bond acceptors (Lipinski definition) is 3. The van der Waals surface area contributed by atoms with Crippen molar-refractivity contribution < 1.29 is 9.18 Å². The van der Waals surface area contributed by atoms with E-state index >= 15 is 0 Å². The van der Waals surface area contributed by atoms with Gasteiger partial charge in [-0.1, -0.05) is 12.1 Å². The highest BCUT2D eigenvalue weighted by Gasteiger charge is 2.12. The summed E-state index contributed by atoms with van der Waals surface area (Å²) in [6.07, 6.45) is 3.60. The van der Waals surface area contributed by atoms with Gasteiger partial charge in [0.15, 0.2) is 5.65 Å². The molecule has 0 radical (unpaired) electrons. The van der Waals surface area contributed by atoms with Crippen molar-refractivity contribution in [2.75, 3.05) is 7.05 Å². The molecule has 3 aromatic rings. The van der Waals surface area contributed by atoms with Crippen LogP contribution in [0.15, 0.2) is 42.6 Å². The van der Waals surface area contributed by atoms with E-state index in [2.05, 4.69) is 15.3 Å². The smallest absolute Gasteiger partial charge is 0.219 e. The molecule has 6 heteroatoms. The zero-order valence-electron chi connectivity index (χ0n) is 13.5. The molecule has 0 saturated carbocycles. The van der Waals surface area contributed by atoms with Crippen LogP contribution >= 0.6 is 0 Å². The van der Waals surface area contributed by atoms with Crippen LogP contribution in [0, 0.1) is 5.82 Å². The number of amides is 1. The highest BCUT2D eigenvalue weighted by atomic mass is 19.1. The molecule has 1 aromatic carbocycles. The Morgan fingerprint density at radius 2 is 2.04 bits per heavy atom. The molecule has 3 rings (SSSR count). The minimum Gasteiger partial charge on any atom is -0.359 e. The molecule has 5 nitrogen and oxygen atoms in total. The summed E-state index contributed by atoms with van der Waals surface area (Å²) < 4.78 is 15.1. The topological polar surface area (TPSA) is 59.8 Å². The highest BCUT2D eigenvalue weighted by Crippen LogP contribution is 2.18. The van der Waals surface area contributed by atoms with E-state index < -0.39 is 0 Å². The Kier molecular flexibility index (Phi) is 4.84.